The number of aromatic nitrogens is 4. The summed E-state index contributed by atoms with van der Waals surface area (Å²) < 4.78 is 5.97. The molecule has 0 unspecified atom stereocenters. The summed E-state index contributed by atoms with van der Waals surface area (Å²) in [4.78, 5) is 31.6. The van der Waals surface area contributed by atoms with E-state index in [9.17, 15) is 4.79 Å². The van der Waals surface area contributed by atoms with Crippen LogP contribution < -0.4 is 10.2 Å². The molecule has 3 aromatic heterocycles. The van der Waals surface area contributed by atoms with Crippen LogP contribution in [0.3, 0.4) is 0 Å². The number of nitrogens with zero attached hydrogens (tertiary/aromatic N) is 5. The number of pyridine rings is 2. The number of morpholine rings is 1. The minimum Gasteiger partial charge on any atom is -0.368 e. The predicted octanol–water partition coefficient (Wildman–Crippen LogP) is 2.49. The lowest BCUT2D eigenvalue weighted by Gasteiger charge is -2.33. The Morgan fingerprint density at radius 1 is 1.10 bits per heavy atom. The number of hydrogen-bond acceptors (Lipinski definition) is 7. The van der Waals surface area contributed by atoms with Crippen LogP contribution in [-0.4, -0.2) is 52.6 Å². The second-order valence-corrected chi connectivity index (χ2v) is 7.20. The molecule has 3 aromatic rings. The van der Waals surface area contributed by atoms with Crippen LogP contribution in [0.25, 0.3) is 11.1 Å². The predicted molar refractivity (Wildman–Crippen MR) is 113 cm³/mol. The lowest BCUT2D eigenvalue weighted by Crippen LogP contribution is -2.39. The highest BCUT2D eigenvalue weighted by Gasteiger charge is 2.24. The van der Waals surface area contributed by atoms with E-state index in [1.54, 1.807) is 19.3 Å². The molecular weight excluding hydrogens is 380 g/mol. The number of amides is 1. The molecule has 0 spiro atoms. The molecule has 4 heterocycles. The van der Waals surface area contributed by atoms with Gasteiger partial charge in [-0.25, -0.2) is 9.97 Å². The van der Waals surface area contributed by atoms with E-state index in [0.29, 0.717) is 18.8 Å². The zero-order valence-electron chi connectivity index (χ0n) is 17.3. The molecule has 1 amide bonds. The van der Waals surface area contributed by atoms with E-state index in [1.165, 1.54) is 0 Å². The normalized spacial score (nSPS) is 16.4. The Morgan fingerprint density at radius 3 is 2.50 bits per heavy atom. The minimum atomic E-state index is -0.205. The van der Waals surface area contributed by atoms with Crippen LogP contribution in [0, 0.1) is 13.8 Å². The highest BCUT2D eigenvalue weighted by molar-refractivity contribution is 5.92. The van der Waals surface area contributed by atoms with Crippen molar-refractivity contribution in [2.24, 2.45) is 0 Å². The molecule has 1 aliphatic rings. The average molecular weight is 404 g/mol. The molecule has 1 saturated heterocycles. The van der Waals surface area contributed by atoms with Gasteiger partial charge >= 0.3 is 0 Å². The smallest absolute Gasteiger partial charge is 0.269 e. The van der Waals surface area contributed by atoms with Gasteiger partial charge in [0.25, 0.3) is 5.91 Å². The number of hydrogen-bond donors (Lipinski definition) is 1. The number of rotatable bonds is 4. The Morgan fingerprint density at radius 2 is 1.87 bits per heavy atom. The van der Waals surface area contributed by atoms with Gasteiger partial charge in [-0.15, -0.1) is 0 Å². The Balaban J connectivity index is 1.49. The van der Waals surface area contributed by atoms with Gasteiger partial charge in [-0.2, -0.15) is 0 Å². The van der Waals surface area contributed by atoms with Gasteiger partial charge in [-0.1, -0.05) is 12.1 Å². The van der Waals surface area contributed by atoms with E-state index in [2.05, 4.69) is 30.2 Å². The molecule has 1 atom stereocenters. The Bertz CT molecular complexity index is 1020. The highest BCUT2D eigenvalue weighted by Crippen LogP contribution is 2.26. The van der Waals surface area contributed by atoms with E-state index in [4.69, 9.17) is 4.74 Å². The molecule has 1 N–H and O–H groups in total. The maximum Gasteiger partial charge on any atom is 0.269 e. The summed E-state index contributed by atoms with van der Waals surface area (Å²) in [7, 11) is 1.59. The lowest BCUT2D eigenvalue weighted by atomic mass is 10.1. The zero-order chi connectivity index (χ0) is 21.1. The van der Waals surface area contributed by atoms with Crippen molar-refractivity contribution in [1.82, 2.24) is 25.3 Å². The molecule has 1 fully saturated rings. The number of aryl methyl sites for hydroxylation is 2. The quantitative estimate of drug-likeness (QED) is 0.714. The van der Waals surface area contributed by atoms with E-state index in [0.717, 1.165) is 40.7 Å². The van der Waals surface area contributed by atoms with Crippen molar-refractivity contribution >= 4 is 11.7 Å². The SMILES string of the molecule is CNC(=O)c1ccc(-c2ccc([C@H]3CN(c4cc(C)nc(C)n4)CCO3)nc2)cn1. The van der Waals surface area contributed by atoms with E-state index in [1.807, 2.05) is 44.3 Å². The molecule has 8 nitrogen and oxygen atoms in total. The number of anilines is 1. The van der Waals surface area contributed by atoms with Gasteiger partial charge < -0.3 is 15.0 Å². The van der Waals surface area contributed by atoms with Gasteiger partial charge in [0.1, 0.15) is 23.4 Å². The number of carbonyl (C=O) groups is 1. The summed E-state index contributed by atoms with van der Waals surface area (Å²) in [6.45, 7) is 5.97. The third kappa shape index (κ3) is 4.28. The third-order valence-corrected chi connectivity index (χ3v) is 5.02. The summed E-state index contributed by atoms with van der Waals surface area (Å²) >= 11 is 0. The maximum absolute atomic E-state index is 11.6. The molecule has 8 heteroatoms. The van der Waals surface area contributed by atoms with E-state index >= 15 is 0 Å². The molecule has 0 radical (unpaired) electrons. The Kier molecular flexibility index (Phi) is 5.67. The monoisotopic (exact) mass is 404 g/mol. The van der Waals surface area contributed by atoms with Crippen LogP contribution in [0.1, 0.15) is 33.8 Å². The van der Waals surface area contributed by atoms with Gasteiger partial charge in [0.05, 0.1) is 18.8 Å². The Labute approximate surface area is 175 Å². The molecule has 0 aliphatic carbocycles. The maximum atomic E-state index is 11.6. The van der Waals surface area contributed by atoms with Crippen molar-refractivity contribution in [1.29, 1.82) is 0 Å². The molecule has 30 heavy (non-hydrogen) atoms. The van der Waals surface area contributed by atoms with E-state index in [-0.39, 0.29) is 12.0 Å². The average Bonchev–Trinajstić information content (AvgIpc) is 2.78. The fourth-order valence-electron chi connectivity index (χ4n) is 3.49. The number of ether oxygens (including phenoxy) is 1. The van der Waals surface area contributed by atoms with Crippen molar-refractivity contribution in [2.75, 3.05) is 31.6 Å². The van der Waals surface area contributed by atoms with Crippen molar-refractivity contribution in [3.63, 3.8) is 0 Å². The van der Waals surface area contributed by atoms with Gasteiger partial charge in [-0.3, -0.25) is 14.8 Å². The molecule has 0 aromatic carbocycles. The van der Waals surface area contributed by atoms with Crippen LogP contribution >= 0.6 is 0 Å². The summed E-state index contributed by atoms with van der Waals surface area (Å²) in [5, 5.41) is 2.57. The van der Waals surface area contributed by atoms with Crippen LogP contribution in [0.2, 0.25) is 0 Å². The first kappa shape index (κ1) is 19.9. The first-order chi connectivity index (χ1) is 14.5. The summed E-state index contributed by atoms with van der Waals surface area (Å²) in [5.41, 5.74) is 4.06. The largest absolute Gasteiger partial charge is 0.368 e. The van der Waals surface area contributed by atoms with Gasteiger partial charge in [0, 0.05) is 48.9 Å². The van der Waals surface area contributed by atoms with Gasteiger partial charge in [0.15, 0.2) is 0 Å². The minimum absolute atomic E-state index is 0.128. The second kappa shape index (κ2) is 8.54. The fourth-order valence-corrected chi connectivity index (χ4v) is 3.49. The van der Waals surface area contributed by atoms with Crippen molar-refractivity contribution in [3.05, 3.63) is 65.6 Å². The highest BCUT2D eigenvalue weighted by atomic mass is 16.5. The van der Waals surface area contributed by atoms with Crippen molar-refractivity contribution in [3.8, 4) is 11.1 Å². The molecular formula is C22H24N6O2. The van der Waals surface area contributed by atoms with Crippen molar-refractivity contribution in [2.45, 2.75) is 20.0 Å². The number of carbonyl (C=O) groups excluding carboxylic acids is 1. The topological polar surface area (TPSA) is 93.1 Å². The summed E-state index contributed by atoms with van der Waals surface area (Å²) in [6.07, 6.45) is 3.37. The van der Waals surface area contributed by atoms with Crippen LogP contribution in [0.4, 0.5) is 5.82 Å². The molecule has 4 rings (SSSR count). The molecule has 0 saturated carbocycles. The van der Waals surface area contributed by atoms with Gasteiger partial charge in [-0.05, 0) is 26.0 Å². The molecule has 1 aliphatic heterocycles. The second-order valence-electron chi connectivity index (χ2n) is 7.20. The Hall–Kier alpha value is -3.39. The fraction of sp³-hybridized carbons (Fsp3) is 0.318. The van der Waals surface area contributed by atoms with Gasteiger partial charge in [0.2, 0.25) is 0 Å². The zero-order valence-corrected chi connectivity index (χ0v) is 17.3. The summed E-state index contributed by atoms with van der Waals surface area (Å²) in [5.74, 6) is 1.49. The van der Waals surface area contributed by atoms with E-state index < -0.39 is 0 Å². The first-order valence-corrected chi connectivity index (χ1v) is 9.87. The van der Waals surface area contributed by atoms with Crippen LogP contribution in [-0.2, 0) is 4.74 Å². The third-order valence-electron chi connectivity index (χ3n) is 5.02. The first-order valence-electron chi connectivity index (χ1n) is 9.87. The van der Waals surface area contributed by atoms with Crippen LogP contribution in [0.15, 0.2) is 42.7 Å². The van der Waals surface area contributed by atoms with Crippen molar-refractivity contribution < 1.29 is 9.53 Å². The summed E-state index contributed by atoms with van der Waals surface area (Å²) in [6, 6.07) is 9.55. The van der Waals surface area contributed by atoms with Crippen LogP contribution in [0.5, 0.6) is 0 Å². The number of nitrogens with one attached hydrogen (secondary N) is 1. The standard InChI is InChI=1S/C22H24N6O2/c1-14-10-21(27-15(2)26-14)28-8-9-30-20(13-28)18-6-4-16(11-24-18)17-5-7-19(25-12-17)22(29)23-3/h4-7,10-12,20H,8-9,13H2,1-3H3,(H,23,29)/t20-/m1/s1. The molecule has 154 valence electrons. The molecule has 0 bridgehead atoms. The lowest BCUT2D eigenvalue weighted by molar-refractivity contribution is 0.0367.